The van der Waals surface area contributed by atoms with Gasteiger partial charge >= 0.3 is 0 Å². The Morgan fingerprint density at radius 2 is 1.75 bits per heavy atom. The summed E-state index contributed by atoms with van der Waals surface area (Å²) in [7, 11) is -2.24. The Morgan fingerprint density at radius 1 is 1.04 bits per heavy atom. The highest BCUT2D eigenvalue weighted by atomic mass is 32.2. The summed E-state index contributed by atoms with van der Waals surface area (Å²) in [5, 5.41) is 2.90. The van der Waals surface area contributed by atoms with Crippen LogP contribution in [0, 0.1) is 13.8 Å². The Bertz CT molecular complexity index is 860. The number of hydrogen-bond acceptors (Lipinski definition) is 3. The fourth-order valence-corrected chi connectivity index (χ4v) is 3.10. The van der Waals surface area contributed by atoms with Crippen LogP contribution in [0.3, 0.4) is 0 Å². The summed E-state index contributed by atoms with van der Waals surface area (Å²) in [5.41, 5.74) is 3.67. The molecule has 0 aliphatic carbocycles. The van der Waals surface area contributed by atoms with Gasteiger partial charge < -0.3 is 5.32 Å². The molecule has 2 aromatic rings. The van der Waals surface area contributed by atoms with Crippen molar-refractivity contribution in [1.82, 2.24) is 10.0 Å². The fraction of sp³-hybridized carbons (Fsp3) is 0.278. The zero-order valence-electron chi connectivity index (χ0n) is 14.3. The quantitative estimate of drug-likeness (QED) is 0.874. The minimum atomic E-state index is -3.58. The Morgan fingerprint density at radius 3 is 2.38 bits per heavy atom. The Labute approximate surface area is 143 Å². The van der Waals surface area contributed by atoms with Crippen LogP contribution in [0.4, 0.5) is 0 Å². The molecule has 2 aromatic carbocycles. The van der Waals surface area contributed by atoms with E-state index >= 15 is 0 Å². The lowest BCUT2D eigenvalue weighted by Crippen LogP contribution is -2.27. The van der Waals surface area contributed by atoms with Crippen molar-refractivity contribution in [1.29, 1.82) is 0 Å². The number of hydrogen-bond donors (Lipinski definition) is 2. The maximum atomic E-state index is 12.4. The first kappa shape index (κ1) is 18.2. The van der Waals surface area contributed by atoms with Gasteiger partial charge in [-0.2, -0.15) is 0 Å². The van der Waals surface area contributed by atoms with E-state index in [1.807, 2.05) is 39.0 Å². The minimum Gasteiger partial charge on any atom is -0.346 e. The Hall–Kier alpha value is -2.18. The third-order valence-corrected chi connectivity index (χ3v) is 5.47. The lowest BCUT2D eigenvalue weighted by Gasteiger charge is -2.16. The maximum Gasteiger partial charge on any atom is 0.251 e. The molecule has 0 fully saturated rings. The van der Waals surface area contributed by atoms with Gasteiger partial charge in [0.25, 0.3) is 5.91 Å². The van der Waals surface area contributed by atoms with Crippen molar-refractivity contribution in [2.75, 3.05) is 7.05 Å². The van der Waals surface area contributed by atoms with E-state index in [1.165, 1.54) is 24.7 Å². The molecule has 0 radical (unpaired) electrons. The zero-order chi connectivity index (χ0) is 17.9. The highest BCUT2D eigenvalue weighted by Crippen LogP contribution is 2.18. The molecule has 0 saturated carbocycles. The van der Waals surface area contributed by atoms with Gasteiger partial charge in [0, 0.05) is 5.56 Å². The van der Waals surface area contributed by atoms with Crippen LogP contribution in [-0.2, 0) is 10.0 Å². The van der Waals surface area contributed by atoms with Gasteiger partial charge in [0.05, 0.1) is 10.9 Å². The molecular formula is C18H22N2O3S. The Kier molecular flexibility index (Phi) is 5.41. The minimum absolute atomic E-state index is 0.0662. The van der Waals surface area contributed by atoms with E-state index in [0.717, 1.165) is 11.1 Å². The second kappa shape index (κ2) is 7.15. The van der Waals surface area contributed by atoms with Crippen LogP contribution in [0.5, 0.6) is 0 Å². The molecular weight excluding hydrogens is 324 g/mol. The first-order valence-corrected chi connectivity index (χ1v) is 9.14. The molecule has 0 aliphatic rings. The zero-order valence-corrected chi connectivity index (χ0v) is 15.1. The normalized spacial score (nSPS) is 12.7. The van der Waals surface area contributed by atoms with Crippen LogP contribution in [0.1, 0.15) is 40.0 Å². The molecule has 0 saturated heterocycles. The number of carbonyl (C=O) groups excluding carboxylic acids is 1. The van der Waals surface area contributed by atoms with Crippen LogP contribution >= 0.6 is 0 Å². The molecule has 2 rings (SSSR count). The molecule has 1 atom stereocenters. The van der Waals surface area contributed by atoms with Crippen molar-refractivity contribution in [3.8, 4) is 0 Å². The molecule has 0 heterocycles. The van der Waals surface area contributed by atoms with E-state index in [-0.39, 0.29) is 16.8 Å². The van der Waals surface area contributed by atoms with E-state index in [2.05, 4.69) is 10.0 Å². The van der Waals surface area contributed by atoms with E-state index in [4.69, 9.17) is 0 Å². The van der Waals surface area contributed by atoms with Gasteiger partial charge in [-0.3, -0.25) is 4.79 Å². The van der Waals surface area contributed by atoms with Gasteiger partial charge in [0.2, 0.25) is 10.0 Å². The van der Waals surface area contributed by atoms with Crippen molar-refractivity contribution < 1.29 is 13.2 Å². The smallest absolute Gasteiger partial charge is 0.251 e. The predicted octanol–water partition coefficient (Wildman–Crippen LogP) is 2.70. The van der Waals surface area contributed by atoms with Crippen molar-refractivity contribution in [2.24, 2.45) is 0 Å². The van der Waals surface area contributed by atoms with E-state index in [0.29, 0.717) is 5.56 Å². The third kappa shape index (κ3) is 4.01. The molecule has 1 amide bonds. The van der Waals surface area contributed by atoms with Gasteiger partial charge in [-0.1, -0.05) is 24.3 Å². The van der Waals surface area contributed by atoms with Crippen LogP contribution in [0.2, 0.25) is 0 Å². The first-order chi connectivity index (χ1) is 11.2. The van der Waals surface area contributed by atoms with Crippen LogP contribution in [0.15, 0.2) is 47.4 Å². The van der Waals surface area contributed by atoms with Gasteiger partial charge in [-0.05, 0) is 62.7 Å². The molecule has 0 spiro atoms. The number of sulfonamides is 1. The molecule has 0 aromatic heterocycles. The molecule has 0 bridgehead atoms. The summed E-state index contributed by atoms with van der Waals surface area (Å²) in [4.78, 5) is 12.5. The van der Waals surface area contributed by atoms with Crippen LogP contribution < -0.4 is 10.0 Å². The lowest BCUT2D eigenvalue weighted by molar-refractivity contribution is 0.0939. The Balaban J connectivity index is 2.20. The van der Waals surface area contributed by atoms with Gasteiger partial charge in [-0.15, -0.1) is 0 Å². The third-order valence-electron chi connectivity index (χ3n) is 4.05. The van der Waals surface area contributed by atoms with Crippen LogP contribution in [0.25, 0.3) is 0 Å². The first-order valence-electron chi connectivity index (χ1n) is 7.66. The SMILES string of the molecule is CNS(=O)(=O)c1cccc(C(=O)NC(C)c2ccc(C)c(C)c2)c1. The molecule has 5 nitrogen and oxygen atoms in total. The summed E-state index contributed by atoms with van der Waals surface area (Å²) >= 11 is 0. The van der Waals surface area contributed by atoms with Crippen molar-refractivity contribution >= 4 is 15.9 Å². The summed E-state index contributed by atoms with van der Waals surface area (Å²) in [6.07, 6.45) is 0. The largest absolute Gasteiger partial charge is 0.346 e. The molecule has 2 N–H and O–H groups in total. The summed E-state index contributed by atoms with van der Waals surface area (Å²) in [6, 6.07) is 11.8. The van der Waals surface area contributed by atoms with Crippen molar-refractivity contribution in [3.05, 3.63) is 64.7 Å². The topological polar surface area (TPSA) is 75.3 Å². The fourth-order valence-electron chi connectivity index (χ4n) is 2.32. The molecule has 1 unspecified atom stereocenters. The maximum absolute atomic E-state index is 12.4. The molecule has 6 heteroatoms. The van der Waals surface area contributed by atoms with Gasteiger partial charge in [0.15, 0.2) is 0 Å². The second-order valence-electron chi connectivity index (χ2n) is 5.77. The number of carbonyl (C=O) groups is 1. The van der Waals surface area contributed by atoms with Crippen molar-refractivity contribution in [2.45, 2.75) is 31.7 Å². The monoisotopic (exact) mass is 346 g/mol. The summed E-state index contributed by atoms with van der Waals surface area (Å²) in [6.45, 7) is 5.96. The number of aryl methyl sites for hydroxylation is 2. The standard InChI is InChI=1S/C18H22N2O3S/c1-12-8-9-15(10-13(12)2)14(3)20-18(21)16-6-5-7-17(11-16)24(22,23)19-4/h5-11,14,19H,1-4H3,(H,20,21). The molecule has 24 heavy (non-hydrogen) atoms. The average molecular weight is 346 g/mol. The molecule has 0 aliphatic heterocycles. The van der Waals surface area contributed by atoms with Gasteiger partial charge in [-0.25, -0.2) is 13.1 Å². The number of benzene rings is 2. The average Bonchev–Trinajstić information content (AvgIpc) is 2.57. The lowest BCUT2D eigenvalue weighted by atomic mass is 10.0. The number of rotatable bonds is 5. The van der Waals surface area contributed by atoms with Gasteiger partial charge in [0.1, 0.15) is 0 Å². The van der Waals surface area contributed by atoms with E-state index < -0.39 is 10.0 Å². The highest BCUT2D eigenvalue weighted by Gasteiger charge is 2.16. The predicted molar refractivity (Wildman–Crippen MR) is 94.5 cm³/mol. The number of amides is 1. The van der Waals surface area contributed by atoms with Crippen LogP contribution in [-0.4, -0.2) is 21.4 Å². The summed E-state index contributed by atoms with van der Waals surface area (Å²) < 4.78 is 25.9. The molecule has 128 valence electrons. The number of nitrogens with one attached hydrogen (secondary N) is 2. The van der Waals surface area contributed by atoms with E-state index in [9.17, 15) is 13.2 Å². The van der Waals surface area contributed by atoms with Crippen molar-refractivity contribution in [3.63, 3.8) is 0 Å². The highest BCUT2D eigenvalue weighted by molar-refractivity contribution is 7.89. The second-order valence-corrected chi connectivity index (χ2v) is 7.66. The van der Waals surface area contributed by atoms with E-state index in [1.54, 1.807) is 12.1 Å². The summed E-state index contributed by atoms with van der Waals surface area (Å²) in [5.74, 6) is -0.311.